The first-order valence-corrected chi connectivity index (χ1v) is 9.69. The standard InChI is InChI=1S/C20H24N6O3/c1-11-18(12(2)29-25-11)20(28)23-16-9-14(6-7-17(16)27)19-22-13(3)24-26(19)15-5-4-8-21-10-15/h4-5,8,10,14,16-17,27H,6-7,9H2,1-3H3,(H,23,28)/t14-,16+,17+/m0/s1. The van der Waals surface area contributed by atoms with E-state index >= 15 is 0 Å². The molecule has 9 heteroatoms. The summed E-state index contributed by atoms with van der Waals surface area (Å²) in [6.07, 6.45) is 4.73. The lowest BCUT2D eigenvalue weighted by molar-refractivity contribution is 0.0669. The van der Waals surface area contributed by atoms with Crippen LogP contribution in [0.2, 0.25) is 0 Å². The zero-order chi connectivity index (χ0) is 20.5. The van der Waals surface area contributed by atoms with Crippen LogP contribution in [-0.2, 0) is 0 Å². The second-order valence-electron chi connectivity index (χ2n) is 7.50. The van der Waals surface area contributed by atoms with Crippen LogP contribution < -0.4 is 5.32 Å². The average Bonchev–Trinajstić information content (AvgIpc) is 3.26. The van der Waals surface area contributed by atoms with Crippen LogP contribution in [0, 0.1) is 20.8 Å². The zero-order valence-corrected chi connectivity index (χ0v) is 16.7. The number of pyridine rings is 1. The Morgan fingerprint density at radius 2 is 2.14 bits per heavy atom. The van der Waals surface area contributed by atoms with E-state index in [1.165, 1.54) is 0 Å². The molecular formula is C20H24N6O3. The number of carbonyl (C=O) groups excluding carboxylic acids is 1. The number of nitrogens with zero attached hydrogens (tertiary/aromatic N) is 5. The molecule has 3 aromatic heterocycles. The molecule has 0 aromatic carbocycles. The van der Waals surface area contributed by atoms with Crippen LogP contribution in [0.1, 0.15) is 58.6 Å². The minimum absolute atomic E-state index is 0.0507. The smallest absolute Gasteiger partial charge is 0.257 e. The van der Waals surface area contributed by atoms with E-state index in [0.717, 1.165) is 17.9 Å². The maximum absolute atomic E-state index is 12.7. The summed E-state index contributed by atoms with van der Waals surface area (Å²) in [5.74, 6) is 1.73. The van der Waals surface area contributed by atoms with Crippen molar-refractivity contribution in [2.75, 3.05) is 0 Å². The summed E-state index contributed by atoms with van der Waals surface area (Å²) < 4.78 is 6.89. The summed E-state index contributed by atoms with van der Waals surface area (Å²) in [6.45, 7) is 5.28. The van der Waals surface area contributed by atoms with E-state index in [2.05, 4.69) is 25.5 Å². The van der Waals surface area contributed by atoms with Gasteiger partial charge in [-0.2, -0.15) is 5.10 Å². The number of aromatic nitrogens is 5. The Kier molecular flexibility index (Phi) is 5.14. The maximum atomic E-state index is 12.7. The van der Waals surface area contributed by atoms with E-state index < -0.39 is 12.1 Å². The molecule has 3 aromatic rings. The highest BCUT2D eigenvalue weighted by Crippen LogP contribution is 2.33. The van der Waals surface area contributed by atoms with Gasteiger partial charge in [-0.05, 0) is 52.2 Å². The molecule has 1 aliphatic carbocycles. The number of hydrogen-bond donors (Lipinski definition) is 2. The summed E-state index contributed by atoms with van der Waals surface area (Å²) in [7, 11) is 0. The van der Waals surface area contributed by atoms with Gasteiger partial charge in [0.1, 0.15) is 23.0 Å². The Hall–Kier alpha value is -3.07. The van der Waals surface area contributed by atoms with Crippen molar-refractivity contribution < 1.29 is 14.4 Å². The van der Waals surface area contributed by atoms with Gasteiger partial charge < -0.3 is 14.9 Å². The number of nitrogens with one attached hydrogen (secondary N) is 1. The van der Waals surface area contributed by atoms with Crippen LogP contribution in [0.5, 0.6) is 0 Å². The Morgan fingerprint density at radius 1 is 1.31 bits per heavy atom. The number of aliphatic hydroxyl groups is 1. The normalized spacial score (nSPS) is 21.9. The van der Waals surface area contributed by atoms with Crippen molar-refractivity contribution in [1.29, 1.82) is 0 Å². The summed E-state index contributed by atoms with van der Waals surface area (Å²) in [5, 5.41) is 21.8. The van der Waals surface area contributed by atoms with Gasteiger partial charge in [-0.25, -0.2) is 9.67 Å². The van der Waals surface area contributed by atoms with E-state index in [1.807, 2.05) is 19.1 Å². The van der Waals surface area contributed by atoms with Gasteiger partial charge in [0.15, 0.2) is 0 Å². The first-order valence-electron chi connectivity index (χ1n) is 9.69. The van der Waals surface area contributed by atoms with Gasteiger partial charge >= 0.3 is 0 Å². The van der Waals surface area contributed by atoms with Crippen molar-refractivity contribution in [2.45, 2.75) is 58.1 Å². The van der Waals surface area contributed by atoms with Crippen molar-refractivity contribution in [3.8, 4) is 5.69 Å². The van der Waals surface area contributed by atoms with E-state index in [0.29, 0.717) is 35.7 Å². The lowest BCUT2D eigenvalue weighted by atomic mass is 9.83. The Morgan fingerprint density at radius 3 is 2.83 bits per heavy atom. The molecule has 0 spiro atoms. The third-order valence-electron chi connectivity index (χ3n) is 5.38. The predicted molar refractivity (Wildman–Crippen MR) is 104 cm³/mol. The minimum atomic E-state index is -0.619. The minimum Gasteiger partial charge on any atom is -0.391 e. The van der Waals surface area contributed by atoms with Gasteiger partial charge in [0, 0.05) is 12.1 Å². The van der Waals surface area contributed by atoms with Crippen molar-refractivity contribution in [3.05, 3.63) is 53.2 Å². The van der Waals surface area contributed by atoms with Gasteiger partial charge in [-0.1, -0.05) is 5.16 Å². The molecule has 0 aliphatic heterocycles. The van der Waals surface area contributed by atoms with Crippen LogP contribution in [0.4, 0.5) is 0 Å². The third kappa shape index (κ3) is 3.77. The highest BCUT2D eigenvalue weighted by atomic mass is 16.5. The largest absolute Gasteiger partial charge is 0.391 e. The fourth-order valence-electron chi connectivity index (χ4n) is 3.96. The van der Waals surface area contributed by atoms with Crippen LogP contribution in [-0.4, -0.2) is 48.1 Å². The quantitative estimate of drug-likeness (QED) is 0.692. The molecule has 1 amide bonds. The Labute approximate surface area is 168 Å². The molecule has 152 valence electrons. The summed E-state index contributed by atoms with van der Waals surface area (Å²) in [5.41, 5.74) is 1.80. The maximum Gasteiger partial charge on any atom is 0.257 e. The molecule has 1 saturated carbocycles. The number of carbonyl (C=O) groups is 1. The van der Waals surface area contributed by atoms with Crippen LogP contribution in [0.15, 0.2) is 29.0 Å². The van der Waals surface area contributed by atoms with Gasteiger partial charge in [0.2, 0.25) is 0 Å². The Balaban J connectivity index is 1.56. The highest BCUT2D eigenvalue weighted by Gasteiger charge is 2.34. The van der Waals surface area contributed by atoms with Gasteiger partial charge in [0.05, 0.1) is 29.7 Å². The first-order chi connectivity index (χ1) is 13.9. The Bertz CT molecular complexity index is 993. The fraction of sp³-hybridized carbons (Fsp3) is 0.450. The molecule has 0 bridgehead atoms. The molecule has 0 radical (unpaired) electrons. The molecule has 3 atom stereocenters. The lowest BCUT2D eigenvalue weighted by Gasteiger charge is -2.33. The molecule has 29 heavy (non-hydrogen) atoms. The second kappa shape index (κ2) is 7.75. The summed E-state index contributed by atoms with van der Waals surface area (Å²) in [4.78, 5) is 21.5. The molecule has 1 aliphatic rings. The van der Waals surface area contributed by atoms with E-state index in [4.69, 9.17) is 4.52 Å². The predicted octanol–water partition coefficient (Wildman–Crippen LogP) is 2.00. The summed E-state index contributed by atoms with van der Waals surface area (Å²) >= 11 is 0. The third-order valence-corrected chi connectivity index (χ3v) is 5.38. The van der Waals surface area contributed by atoms with E-state index in [1.54, 1.807) is 30.9 Å². The molecule has 1 fully saturated rings. The van der Waals surface area contributed by atoms with E-state index in [9.17, 15) is 9.90 Å². The summed E-state index contributed by atoms with van der Waals surface area (Å²) in [6, 6.07) is 3.39. The van der Waals surface area contributed by atoms with Gasteiger partial charge in [0.25, 0.3) is 5.91 Å². The number of aryl methyl sites for hydroxylation is 3. The van der Waals surface area contributed by atoms with Crippen LogP contribution in [0.3, 0.4) is 0 Å². The zero-order valence-electron chi connectivity index (χ0n) is 16.7. The van der Waals surface area contributed by atoms with Crippen molar-refractivity contribution in [1.82, 2.24) is 30.2 Å². The molecule has 0 unspecified atom stereocenters. The highest BCUT2D eigenvalue weighted by molar-refractivity contribution is 5.96. The molecule has 9 nitrogen and oxygen atoms in total. The first kappa shape index (κ1) is 19.3. The van der Waals surface area contributed by atoms with Crippen LogP contribution in [0.25, 0.3) is 5.69 Å². The second-order valence-corrected chi connectivity index (χ2v) is 7.50. The molecule has 3 heterocycles. The molecule has 0 saturated heterocycles. The monoisotopic (exact) mass is 396 g/mol. The number of aliphatic hydroxyl groups excluding tert-OH is 1. The fourth-order valence-corrected chi connectivity index (χ4v) is 3.96. The number of hydrogen-bond acceptors (Lipinski definition) is 7. The number of amides is 1. The van der Waals surface area contributed by atoms with E-state index in [-0.39, 0.29) is 11.8 Å². The van der Waals surface area contributed by atoms with Gasteiger partial charge in [-0.3, -0.25) is 9.78 Å². The SMILES string of the molecule is Cc1nc([C@H]2CC[C@@H](O)[C@H](NC(=O)c3c(C)noc3C)C2)n(-c2cccnc2)n1. The molecule has 2 N–H and O–H groups in total. The van der Waals surface area contributed by atoms with Crippen LogP contribution >= 0.6 is 0 Å². The molecular weight excluding hydrogens is 372 g/mol. The number of rotatable bonds is 4. The van der Waals surface area contributed by atoms with Crippen molar-refractivity contribution in [3.63, 3.8) is 0 Å². The van der Waals surface area contributed by atoms with Crippen molar-refractivity contribution >= 4 is 5.91 Å². The average molecular weight is 396 g/mol. The van der Waals surface area contributed by atoms with Gasteiger partial charge in [-0.15, -0.1) is 0 Å². The molecule has 4 rings (SSSR count). The van der Waals surface area contributed by atoms with Crippen molar-refractivity contribution in [2.24, 2.45) is 0 Å². The topological polar surface area (TPSA) is 119 Å². The lowest BCUT2D eigenvalue weighted by Crippen LogP contribution is -2.47.